The monoisotopic (exact) mass is 250 g/mol. The standard InChI is InChI=1S/C10H7ClN4O2/c11-5-2-7-4(1-8(5)16)6(12)3-9-13-14-10(17)15(7)9/h1-3,16H,12H2,(H,14,17). The normalized spacial score (nSPS) is 11.4. The third-order valence-corrected chi connectivity index (χ3v) is 2.90. The molecule has 1 aromatic carbocycles. The molecule has 0 aliphatic rings. The number of halogens is 1. The molecule has 0 bridgehead atoms. The Morgan fingerprint density at radius 3 is 2.94 bits per heavy atom. The topological polar surface area (TPSA) is 96.4 Å². The minimum atomic E-state index is -0.383. The molecule has 0 fully saturated rings. The summed E-state index contributed by atoms with van der Waals surface area (Å²) in [7, 11) is 0. The van der Waals surface area contributed by atoms with Gasteiger partial charge in [-0.2, -0.15) is 5.10 Å². The van der Waals surface area contributed by atoms with Crippen LogP contribution in [-0.2, 0) is 0 Å². The molecule has 0 atom stereocenters. The van der Waals surface area contributed by atoms with E-state index in [0.717, 1.165) is 0 Å². The summed E-state index contributed by atoms with van der Waals surface area (Å²) in [6, 6.07) is 4.45. The summed E-state index contributed by atoms with van der Waals surface area (Å²) in [4.78, 5) is 11.6. The Hall–Kier alpha value is -2.21. The van der Waals surface area contributed by atoms with Crippen molar-refractivity contribution in [3.8, 4) is 5.75 Å². The molecular weight excluding hydrogens is 244 g/mol. The van der Waals surface area contributed by atoms with Crippen LogP contribution < -0.4 is 11.4 Å². The van der Waals surface area contributed by atoms with Gasteiger partial charge in [-0.25, -0.2) is 14.3 Å². The number of H-pyrrole nitrogens is 1. The number of aromatic hydroxyl groups is 1. The molecule has 0 radical (unpaired) electrons. The molecule has 0 saturated heterocycles. The molecule has 0 aliphatic heterocycles. The van der Waals surface area contributed by atoms with Crippen LogP contribution in [0.1, 0.15) is 0 Å². The number of rotatable bonds is 0. The number of pyridine rings is 1. The first-order chi connectivity index (χ1) is 8.08. The van der Waals surface area contributed by atoms with Crippen LogP contribution in [-0.4, -0.2) is 19.7 Å². The van der Waals surface area contributed by atoms with Crippen LogP contribution >= 0.6 is 11.6 Å². The van der Waals surface area contributed by atoms with Crippen molar-refractivity contribution in [1.82, 2.24) is 14.6 Å². The molecule has 0 unspecified atom stereocenters. The molecule has 2 aromatic heterocycles. The highest BCUT2D eigenvalue weighted by atomic mass is 35.5. The fourth-order valence-electron chi connectivity index (χ4n) is 1.82. The van der Waals surface area contributed by atoms with E-state index in [1.54, 1.807) is 6.07 Å². The summed E-state index contributed by atoms with van der Waals surface area (Å²) >= 11 is 5.82. The zero-order valence-corrected chi connectivity index (χ0v) is 9.19. The van der Waals surface area contributed by atoms with E-state index >= 15 is 0 Å². The van der Waals surface area contributed by atoms with E-state index in [1.165, 1.54) is 16.5 Å². The second-order valence-electron chi connectivity index (χ2n) is 3.64. The van der Waals surface area contributed by atoms with Gasteiger partial charge < -0.3 is 10.8 Å². The van der Waals surface area contributed by atoms with Gasteiger partial charge in [-0.3, -0.25) is 0 Å². The van der Waals surface area contributed by atoms with Crippen molar-refractivity contribution in [2.75, 3.05) is 5.73 Å². The van der Waals surface area contributed by atoms with Crippen molar-refractivity contribution in [3.63, 3.8) is 0 Å². The van der Waals surface area contributed by atoms with Crippen LogP contribution in [0, 0.1) is 0 Å². The maximum atomic E-state index is 11.6. The predicted molar refractivity (Wildman–Crippen MR) is 64.4 cm³/mol. The van der Waals surface area contributed by atoms with Gasteiger partial charge in [-0.15, -0.1) is 0 Å². The third-order valence-electron chi connectivity index (χ3n) is 2.60. The number of nitrogens with one attached hydrogen (secondary N) is 1. The highest BCUT2D eigenvalue weighted by molar-refractivity contribution is 6.32. The molecule has 0 amide bonds. The van der Waals surface area contributed by atoms with Crippen LogP contribution in [0.5, 0.6) is 5.75 Å². The summed E-state index contributed by atoms with van der Waals surface area (Å²) < 4.78 is 1.34. The van der Waals surface area contributed by atoms with Gasteiger partial charge in [0.15, 0.2) is 5.65 Å². The van der Waals surface area contributed by atoms with Crippen LogP contribution in [0.15, 0.2) is 23.0 Å². The van der Waals surface area contributed by atoms with E-state index in [4.69, 9.17) is 17.3 Å². The Bertz CT molecular complexity index is 805. The lowest BCUT2D eigenvalue weighted by Gasteiger charge is -2.06. The minimum Gasteiger partial charge on any atom is -0.506 e. The average molecular weight is 251 g/mol. The van der Waals surface area contributed by atoms with Crippen LogP contribution in [0.4, 0.5) is 5.69 Å². The molecule has 4 N–H and O–H groups in total. The van der Waals surface area contributed by atoms with Gasteiger partial charge >= 0.3 is 5.69 Å². The van der Waals surface area contributed by atoms with E-state index in [-0.39, 0.29) is 16.5 Å². The summed E-state index contributed by atoms with van der Waals surface area (Å²) in [5.41, 5.74) is 6.77. The predicted octanol–water partition coefficient (Wildman–Crippen LogP) is 1.12. The molecule has 7 heteroatoms. The molecule has 2 heterocycles. The van der Waals surface area contributed by atoms with E-state index in [2.05, 4.69) is 10.2 Å². The Balaban J connectivity index is 2.68. The first-order valence-corrected chi connectivity index (χ1v) is 5.13. The number of phenols is 1. The Morgan fingerprint density at radius 1 is 1.41 bits per heavy atom. The number of benzene rings is 1. The van der Waals surface area contributed by atoms with Gasteiger partial charge in [-0.05, 0) is 12.1 Å². The second kappa shape index (κ2) is 3.14. The number of hydrogen-bond acceptors (Lipinski definition) is 4. The van der Waals surface area contributed by atoms with Crippen LogP contribution in [0.3, 0.4) is 0 Å². The highest BCUT2D eigenvalue weighted by Gasteiger charge is 2.11. The van der Waals surface area contributed by atoms with Crippen LogP contribution in [0.25, 0.3) is 16.6 Å². The highest BCUT2D eigenvalue weighted by Crippen LogP contribution is 2.31. The number of fused-ring (bicyclic) bond motifs is 3. The summed E-state index contributed by atoms with van der Waals surface area (Å²) in [5, 5.41) is 16.4. The average Bonchev–Trinajstić information content (AvgIpc) is 2.63. The van der Waals surface area contributed by atoms with E-state index < -0.39 is 0 Å². The quantitative estimate of drug-likeness (QED) is 0.557. The van der Waals surface area contributed by atoms with Crippen molar-refractivity contribution in [3.05, 3.63) is 33.7 Å². The van der Waals surface area contributed by atoms with Crippen molar-refractivity contribution in [2.45, 2.75) is 0 Å². The lowest BCUT2D eigenvalue weighted by molar-refractivity contribution is 0.476. The van der Waals surface area contributed by atoms with Gasteiger partial charge in [0.1, 0.15) is 5.75 Å². The van der Waals surface area contributed by atoms with Gasteiger partial charge in [-0.1, -0.05) is 11.6 Å². The van der Waals surface area contributed by atoms with E-state index in [0.29, 0.717) is 22.2 Å². The largest absolute Gasteiger partial charge is 0.506 e. The molecule has 0 aliphatic carbocycles. The Kier molecular flexibility index (Phi) is 1.84. The lowest BCUT2D eigenvalue weighted by atomic mass is 10.1. The van der Waals surface area contributed by atoms with Gasteiger partial charge in [0, 0.05) is 17.1 Å². The fourth-order valence-corrected chi connectivity index (χ4v) is 1.98. The van der Waals surface area contributed by atoms with Gasteiger partial charge in [0.2, 0.25) is 0 Å². The molecule has 0 saturated carbocycles. The molecule has 3 rings (SSSR count). The lowest BCUT2D eigenvalue weighted by Crippen LogP contribution is -2.10. The van der Waals surface area contributed by atoms with Crippen molar-refractivity contribution in [2.24, 2.45) is 0 Å². The maximum absolute atomic E-state index is 11.6. The number of nitrogen functional groups attached to an aromatic ring is 1. The number of aromatic amines is 1. The Morgan fingerprint density at radius 2 is 2.18 bits per heavy atom. The number of hydrogen-bond donors (Lipinski definition) is 3. The molecule has 0 spiro atoms. The SMILES string of the molecule is Nc1cc2n[nH]c(=O)n2c2cc(Cl)c(O)cc12. The fraction of sp³-hybridized carbons (Fsp3) is 0. The third kappa shape index (κ3) is 1.27. The molecule has 3 aromatic rings. The molecule has 86 valence electrons. The number of nitrogens with two attached hydrogens (primary N) is 1. The number of aromatic nitrogens is 3. The van der Waals surface area contributed by atoms with Gasteiger partial charge in [0.05, 0.1) is 10.5 Å². The van der Waals surface area contributed by atoms with E-state index in [1.807, 2.05) is 0 Å². The number of anilines is 1. The summed E-state index contributed by atoms with van der Waals surface area (Å²) in [6.45, 7) is 0. The number of phenolic OH excluding ortho intramolecular Hbond substituents is 1. The van der Waals surface area contributed by atoms with Crippen LogP contribution in [0.2, 0.25) is 5.02 Å². The Labute approximate surface area is 99.2 Å². The van der Waals surface area contributed by atoms with Crippen molar-refractivity contribution in [1.29, 1.82) is 0 Å². The van der Waals surface area contributed by atoms with Crippen molar-refractivity contribution >= 4 is 33.8 Å². The maximum Gasteiger partial charge on any atom is 0.348 e. The number of nitrogens with zero attached hydrogens (tertiary/aromatic N) is 2. The smallest absolute Gasteiger partial charge is 0.348 e. The zero-order chi connectivity index (χ0) is 12.2. The second-order valence-corrected chi connectivity index (χ2v) is 4.05. The first kappa shape index (κ1) is 9.98. The molecule has 6 nitrogen and oxygen atoms in total. The molecule has 17 heavy (non-hydrogen) atoms. The first-order valence-electron chi connectivity index (χ1n) is 4.76. The summed E-state index contributed by atoms with van der Waals surface area (Å²) in [5.74, 6) is -0.0817. The van der Waals surface area contributed by atoms with Gasteiger partial charge in [0.25, 0.3) is 0 Å². The minimum absolute atomic E-state index is 0.0817. The van der Waals surface area contributed by atoms with Crippen molar-refractivity contribution < 1.29 is 5.11 Å². The summed E-state index contributed by atoms with van der Waals surface area (Å²) in [6.07, 6.45) is 0. The zero-order valence-electron chi connectivity index (χ0n) is 8.44. The van der Waals surface area contributed by atoms with E-state index in [9.17, 15) is 9.90 Å². The molecular formula is C10H7ClN4O2.